The summed E-state index contributed by atoms with van der Waals surface area (Å²) >= 11 is 9.91. The first-order chi connectivity index (χ1) is 7.02. The van der Waals surface area contributed by atoms with E-state index in [4.69, 9.17) is 28.3 Å². The van der Waals surface area contributed by atoms with Gasteiger partial charge >= 0.3 is 7.82 Å². The fourth-order valence-electron chi connectivity index (χ4n) is 0.982. The van der Waals surface area contributed by atoms with Gasteiger partial charge in [0.25, 0.3) is 0 Å². The summed E-state index contributed by atoms with van der Waals surface area (Å²) in [5.74, 6) is 0.347. The molecule has 0 atom stereocenters. The Morgan fingerprint density at radius 3 is 2.33 bits per heavy atom. The lowest BCUT2D eigenvalue weighted by atomic mass is 10.1. The summed E-state index contributed by atoms with van der Waals surface area (Å²) in [4.78, 5) is 0. The number of rotatable bonds is 4. The van der Waals surface area contributed by atoms with Crippen LogP contribution in [-0.2, 0) is 12.7 Å². The highest BCUT2D eigenvalue weighted by atomic mass is 35.5. The van der Waals surface area contributed by atoms with Gasteiger partial charge in [0, 0.05) is 0 Å². The Bertz CT molecular complexity index is 388. The van der Waals surface area contributed by atoms with Crippen LogP contribution in [-0.4, -0.2) is 0 Å². The topological polar surface area (TPSA) is 44.8 Å². The van der Waals surface area contributed by atoms with E-state index in [0.29, 0.717) is 5.75 Å². The van der Waals surface area contributed by atoms with E-state index >= 15 is 0 Å². The van der Waals surface area contributed by atoms with Gasteiger partial charge in [0.05, 0.1) is 23.7 Å². The molecule has 0 spiro atoms. The van der Waals surface area contributed by atoms with Crippen LogP contribution in [0.1, 0.15) is 11.1 Å². The molecule has 0 aliphatic carbocycles. The highest BCUT2D eigenvalue weighted by molar-refractivity contribution is 7.50. The van der Waals surface area contributed by atoms with Crippen molar-refractivity contribution in [1.82, 2.24) is 0 Å². The highest BCUT2D eigenvalue weighted by Crippen LogP contribution is 2.52. The Hall–Kier alpha value is -0.250. The number of phosphoric acid groups is 1. The number of aryl methyl sites for hydroxylation is 1. The minimum Gasteiger partial charge on any atom is -0.402 e. The molecule has 4 nitrogen and oxygen atoms in total. The first-order valence-corrected chi connectivity index (χ1v) is 6.06. The third-order valence-electron chi connectivity index (χ3n) is 1.93. The van der Waals surface area contributed by atoms with Gasteiger partial charge in [0.2, 0.25) is 0 Å². The van der Waals surface area contributed by atoms with Crippen molar-refractivity contribution < 1.29 is 17.2 Å². The smallest absolute Gasteiger partial charge is 0.402 e. The standard InChI is InChI=1S/C8H9Cl2O4P/c1-6-4-3-5-8(7(6)2)12-15(11,13-9)14-10/h3-5H,1-2H3. The van der Waals surface area contributed by atoms with E-state index < -0.39 is 7.82 Å². The van der Waals surface area contributed by atoms with Crippen molar-refractivity contribution in [3.05, 3.63) is 29.3 Å². The van der Waals surface area contributed by atoms with Gasteiger partial charge in [-0.05, 0) is 31.0 Å². The van der Waals surface area contributed by atoms with E-state index in [0.717, 1.165) is 11.1 Å². The molecular formula is C8H9Cl2O4P. The van der Waals surface area contributed by atoms with Crippen LogP contribution in [0.3, 0.4) is 0 Å². The van der Waals surface area contributed by atoms with Crippen molar-refractivity contribution in [2.45, 2.75) is 13.8 Å². The van der Waals surface area contributed by atoms with E-state index in [9.17, 15) is 4.57 Å². The van der Waals surface area contributed by atoms with Crippen LogP contribution in [0.15, 0.2) is 18.2 Å². The molecule has 0 aliphatic heterocycles. The molecule has 7 heteroatoms. The lowest BCUT2D eigenvalue weighted by molar-refractivity contribution is 0.317. The summed E-state index contributed by atoms with van der Waals surface area (Å²) < 4.78 is 24.5. The highest BCUT2D eigenvalue weighted by Gasteiger charge is 2.29. The van der Waals surface area contributed by atoms with E-state index in [2.05, 4.69) is 8.15 Å². The van der Waals surface area contributed by atoms with Crippen LogP contribution in [0, 0.1) is 13.8 Å². The summed E-state index contributed by atoms with van der Waals surface area (Å²) in [7, 11) is -3.92. The molecule has 1 aromatic rings. The van der Waals surface area contributed by atoms with Gasteiger partial charge in [0.15, 0.2) is 0 Å². The molecular weight excluding hydrogens is 262 g/mol. The fraction of sp³-hybridized carbons (Fsp3) is 0.250. The number of halogens is 2. The third-order valence-corrected chi connectivity index (χ3v) is 3.71. The first-order valence-electron chi connectivity index (χ1n) is 3.99. The number of hydrogen-bond donors (Lipinski definition) is 0. The second-order valence-corrected chi connectivity index (χ2v) is 5.06. The second kappa shape index (κ2) is 5.19. The Balaban J connectivity index is 2.99. The normalized spacial score (nSPS) is 11.5. The Kier molecular flexibility index (Phi) is 4.44. The molecule has 0 unspecified atom stereocenters. The summed E-state index contributed by atoms with van der Waals surface area (Å²) in [6.45, 7) is 3.69. The average molecular weight is 271 g/mol. The quantitative estimate of drug-likeness (QED) is 0.772. The maximum absolute atomic E-state index is 11.5. The van der Waals surface area contributed by atoms with Gasteiger partial charge in [0.1, 0.15) is 5.75 Å². The molecule has 0 bridgehead atoms. The van der Waals surface area contributed by atoms with E-state index in [1.807, 2.05) is 13.0 Å². The van der Waals surface area contributed by atoms with Gasteiger partial charge in [-0.2, -0.15) is 8.15 Å². The Morgan fingerprint density at radius 2 is 1.80 bits per heavy atom. The van der Waals surface area contributed by atoms with Gasteiger partial charge in [-0.15, -0.1) is 0 Å². The van der Waals surface area contributed by atoms with Crippen molar-refractivity contribution in [2.24, 2.45) is 0 Å². The molecule has 0 saturated heterocycles. The van der Waals surface area contributed by atoms with Crippen LogP contribution in [0.25, 0.3) is 0 Å². The molecule has 0 fully saturated rings. The van der Waals surface area contributed by atoms with Gasteiger partial charge < -0.3 is 4.52 Å². The van der Waals surface area contributed by atoms with Gasteiger partial charge in [-0.25, -0.2) is 4.57 Å². The van der Waals surface area contributed by atoms with Crippen LogP contribution < -0.4 is 4.52 Å². The summed E-state index contributed by atoms with van der Waals surface area (Å²) in [6, 6.07) is 5.24. The minimum atomic E-state index is -3.92. The average Bonchev–Trinajstić information content (AvgIpc) is 2.25. The maximum atomic E-state index is 11.5. The summed E-state index contributed by atoms with van der Waals surface area (Å²) in [5.41, 5.74) is 1.78. The van der Waals surface area contributed by atoms with Crippen molar-refractivity contribution >= 4 is 31.6 Å². The molecule has 0 amide bonds. The molecule has 1 rings (SSSR count). The monoisotopic (exact) mass is 270 g/mol. The number of benzene rings is 1. The Labute approximate surface area is 98.0 Å². The van der Waals surface area contributed by atoms with Crippen LogP contribution in [0.5, 0.6) is 5.75 Å². The van der Waals surface area contributed by atoms with E-state index in [-0.39, 0.29) is 0 Å². The molecule has 0 heterocycles. The first kappa shape index (κ1) is 12.8. The Morgan fingerprint density at radius 1 is 1.20 bits per heavy atom. The predicted molar refractivity (Wildman–Crippen MR) is 58.0 cm³/mol. The number of hydrogen-bond acceptors (Lipinski definition) is 4. The molecule has 0 radical (unpaired) electrons. The zero-order chi connectivity index (χ0) is 11.5. The van der Waals surface area contributed by atoms with Crippen molar-refractivity contribution in [2.75, 3.05) is 0 Å². The molecule has 0 aliphatic rings. The van der Waals surface area contributed by atoms with Crippen molar-refractivity contribution in [1.29, 1.82) is 0 Å². The second-order valence-electron chi connectivity index (χ2n) is 2.87. The lowest BCUT2D eigenvalue weighted by Crippen LogP contribution is -1.95. The minimum absolute atomic E-state index is 0.347. The van der Waals surface area contributed by atoms with Crippen LogP contribution in [0.2, 0.25) is 0 Å². The molecule has 1 aromatic carbocycles. The maximum Gasteiger partial charge on any atom is 0.563 e. The lowest BCUT2D eigenvalue weighted by Gasteiger charge is -2.13. The zero-order valence-corrected chi connectivity index (χ0v) is 10.5. The predicted octanol–water partition coefficient (Wildman–Crippen LogP) is 4.13. The van der Waals surface area contributed by atoms with Crippen LogP contribution >= 0.6 is 31.6 Å². The van der Waals surface area contributed by atoms with Gasteiger partial charge in [-0.1, -0.05) is 12.1 Å². The SMILES string of the molecule is Cc1cccc(OP(=O)(OCl)OCl)c1C. The van der Waals surface area contributed by atoms with Crippen molar-refractivity contribution in [3.63, 3.8) is 0 Å². The largest absolute Gasteiger partial charge is 0.563 e. The summed E-state index contributed by atoms with van der Waals surface area (Å²) in [6.07, 6.45) is 0. The molecule has 15 heavy (non-hydrogen) atoms. The zero-order valence-electron chi connectivity index (χ0n) is 8.07. The van der Waals surface area contributed by atoms with E-state index in [1.54, 1.807) is 19.1 Å². The molecule has 0 aromatic heterocycles. The van der Waals surface area contributed by atoms with Gasteiger partial charge in [-0.3, -0.25) is 0 Å². The van der Waals surface area contributed by atoms with Crippen molar-refractivity contribution in [3.8, 4) is 5.75 Å². The summed E-state index contributed by atoms with van der Waals surface area (Å²) in [5, 5.41) is 0. The fourth-order valence-corrected chi connectivity index (χ4v) is 1.92. The van der Waals surface area contributed by atoms with E-state index in [1.165, 1.54) is 0 Å². The molecule has 84 valence electrons. The molecule has 0 saturated carbocycles. The molecule has 0 N–H and O–H groups in total. The third kappa shape index (κ3) is 3.10. The van der Waals surface area contributed by atoms with Crippen LogP contribution in [0.4, 0.5) is 0 Å².